The van der Waals surface area contributed by atoms with Gasteiger partial charge in [0.2, 0.25) is 0 Å². The number of hydrogen-bond acceptors (Lipinski definition) is 4. The number of thiophene rings is 2. The van der Waals surface area contributed by atoms with Gasteiger partial charge < -0.3 is 4.74 Å². The number of ether oxygens (including phenoxy) is 1. The first-order valence-electron chi connectivity index (χ1n) is 5.12. The molecule has 0 unspecified atom stereocenters. The van der Waals surface area contributed by atoms with Gasteiger partial charge in [0.05, 0.1) is 11.5 Å². The van der Waals surface area contributed by atoms with Gasteiger partial charge in [-0.25, -0.2) is 4.79 Å². The van der Waals surface area contributed by atoms with Gasteiger partial charge in [-0.2, -0.15) is 0 Å². The third-order valence-electron chi connectivity index (χ3n) is 1.93. The Bertz CT molecular complexity index is 556. The number of carbonyl (C=O) groups excluding carboxylic acids is 1. The van der Waals surface area contributed by atoms with Crippen LogP contribution in [0.4, 0.5) is 0 Å². The van der Waals surface area contributed by atoms with Crippen molar-refractivity contribution in [1.29, 1.82) is 0 Å². The van der Waals surface area contributed by atoms with E-state index in [1.54, 1.807) is 29.6 Å². The summed E-state index contributed by atoms with van der Waals surface area (Å²) < 4.78 is 4.74. The summed E-state index contributed by atoms with van der Waals surface area (Å²) in [6.45, 7) is 2.12. The summed E-state index contributed by atoms with van der Waals surface area (Å²) in [5.41, 5.74) is 0. The number of rotatable bonds is 2. The summed E-state index contributed by atoms with van der Waals surface area (Å²) in [4.78, 5) is 14.3. The molecule has 0 saturated carbocycles. The minimum Gasteiger partial charge on any atom is -0.456 e. The van der Waals surface area contributed by atoms with E-state index in [9.17, 15) is 4.79 Å². The fraction of sp³-hybridized carbons (Fsp3) is 0.154. The van der Waals surface area contributed by atoms with Crippen molar-refractivity contribution in [2.45, 2.75) is 6.92 Å². The fourth-order valence-corrected chi connectivity index (χ4v) is 2.93. The quantitative estimate of drug-likeness (QED) is 0.612. The topological polar surface area (TPSA) is 26.3 Å². The highest BCUT2D eigenvalue weighted by Gasteiger charge is 2.02. The van der Waals surface area contributed by atoms with E-state index in [2.05, 4.69) is 17.9 Å². The largest absolute Gasteiger partial charge is 0.456 e. The molecule has 86 valence electrons. The Hall–Kier alpha value is -1.57. The highest BCUT2D eigenvalue weighted by atomic mass is 32.1. The van der Waals surface area contributed by atoms with Crippen molar-refractivity contribution in [3.05, 3.63) is 34.5 Å². The van der Waals surface area contributed by atoms with E-state index in [4.69, 9.17) is 4.74 Å². The third-order valence-corrected chi connectivity index (χ3v) is 4.00. The average Bonchev–Trinajstić information content (AvgIpc) is 2.97. The van der Waals surface area contributed by atoms with Crippen molar-refractivity contribution >= 4 is 28.6 Å². The molecule has 2 aromatic heterocycles. The van der Waals surface area contributed by atoms with Gasteiger partial charge in [-0.3, -0.25) is 0 Å². The molecule has 4 heteroatoms. The fourth-order valence-electron chi connectivity index (χ4n) is 1.24. The summed E-state index contributed by atoms with van der Waals surface area (Å²) in [6, 6.07) is 8.03. The molecule has 0 bridgehead atoms. The molecule has 0 amide bonds. The third kappa shape index (κ3) is 3.19. The lowest BCUT2D eigenvalue weighted by atomic mass is 10.3. The summed E-state index contributed by atoms with van der Waals surface area (Å²) in [7, 11) is 0. The number of hydrogen-bond donors (Lipinski definition) is 0. The van der Waals surface area contributed by atoms with Crippen molar-refractivity contribution in [3.8, 4) is 21.6 Å². The van der Waals surface area contributed by atoms with E-state index in [0.717, 1.165) is 4.88 Å². The Morgan fingerprint density at radius 2 is 2.24 bits per heavy atom. The van der Waals surface area contributed by atoms with E-state index < -0.39 is 5.97 Å². The molecule has 2 rings (SSSR count). The van der Waals surface area contributed by atoms with Gasteiger partial charge in [0.1, 0.15) is 0 Å². The Morgan fingerprint density at radius 3 is 2.94 bits per heavy atom. The molecule has 2 aromatic rings. The minimum atomic E-state index is -0.474. The Balaban J connectivity index is 2.11. The zero-order valence-corrected chi connectivity index (χ0v) is 10.9. The summed E-state index contributed by atoms with van der Waals surface area (Å²) in [5.74, 6) is 4.80. The zero-order chi connectivity index (χ0) is 12.1. The Kier molecular flexibility index (Phi) is 3.97. The molecule has 0 fully saturated rings. The van der Waals surface area contributed by atoms with Crippen LogP contribution >= 0.6 is 22.7 Å². The summed E-state index contributed by atoms with van der Waals surface area (Å²) in [5, 5.41) is 2.04. The van der Waals surface area contributed by atoms with E-state index in [1.165, 1.54) is 9.75 Å². The maximum absolute atomic E-state index is 11.1. The van der Waals surface area contributed by atoms with Gasteiger partial charge in [-0.1, -0.05) is 6.07 Å². The SMILES string of the molecule is CCOC(=O)C#Cc1ccc(-c2cccs2)s1. The van der Waals surface area contributed by atoms with Gasteiger partial charge in [0.15, 0.2) is 0 Å². The molecule has 0 saturated heterocycles. The average molecular weight is 262 g/mol. The monoisotopic (exact) mass is 262 g/mol. The van der Waals surface area contributed by atoms with Crippen molar-refractivity contribution < 1.29 is 9.53 Å². The van der Waals surface area contributed by atoms with Crippen LogP contribution in [0, 0.1) is 11.8 Å². The van der Waals surface area contributed by atoms with Crippen LogP contribution in [-0.2, 0) is 9.53 Å². The zero-order valence-electron chi connectivity index (χ0n) is 9.23. The molecule has 0 atom stereocenters. The highest BCUT2D eigenvalue weighted by Crippen LogP contribution is 2.30. The van der Waals surface area contributed by atoms with Gasteiger partial charge in [-0.15, -0.1) is 22.7 Å². The van der Waals surface area contributed by atoms with E-state index in [1.807, 2.05) is 23.6 Å². The van der Waals surface area contributed by atoms with Crippen LogP contribution in [0.25, 0.3) is 9.75 Å². The Morgan fingerprint density at radius 1 is 1.35 bits per heavy atom. The van der Waals surface area contributed by atoms with Crippen LogP contribution in [0.5, 0.6) is 0 Å². The van der Waals surface area contributed by atoms with Crippen molar-refractivity contribution in [2.75, 3.05) is 6.61 Å². The van der Waals surface area contributed by atoms with Crippen LogP contribution in [0.3, 0.4) is 0 Å². The predicted octanol–water partition coefficient (Wildman–Crippen LogP) is 3.39. The molecule has 0 aliphatic carbocycles. The van der Waals surface area contributed by atoms with Gasteiger partial charge in [0.25, 0.3) is 0 Å². The molecule has 0 radical (unpaired) electrons. The van der Waals surface area contributed by atoms with Crippen LogP contribution in [0.1, 0.15) is 11.8 Å². The molecule has 0 aliphatic rings. The summed E-state index contributed by atoms with van der Waals surface area (Å²) >= 11 is 3.27. The molecule has 17 heavy (non-hydrogen) atoms. The molecular weight excluding hydrogens is 252 g/mol. The first-order valence-corrected chi connectivity index (χ1v) is 6.81. The van der Waals surface area contributed by atoms with Gasteiger partial charge in [-0.05, 0) is 36.4 Å². The van der Waals surface area contributed by atoms with E-state index in [0.29, 0.717) is 6.61 Å². The van der Waals surface area contributed by atoms with Crippen molar-refractivity contribution in [1.82, 2.24) is 0 Å². The standard InChI is InChI=1S/C13H10O2S2/c1-2-15-13(14)8-6-10-5-7-12(17-10)11-4-3-9-16-11/h3-5,7,9H,2H2,1H3. The van der Waals surface area contributed by atoms with E-state index >= 15 is 0 Å². The van der Waals surface area contributed by atoms with Crippen molar-refractivity contribution in [2.24, 2.45) is 0 Å². The van der Waals surface area contributed by atoms with Crippen LogP contribution in [-0.4, -0.2) is 12.6 Å². The van der Waals surface area contributed by atoms with Crippen LogP contribution in [0.15, 0.2) is 29.6 Å². The van der Waals surface area contributed by atoms with Crippen LogP contribution in [0.2, 0.25) is 0 Å². The second-order valence-electron chi connectivity index (χ2n) is 3.11. The molecule has 0 spiro atoms. The second kappa shape index (κ2) is 5.67. The highest BCUT2D eigenvalue weighted by molar-refractivity contribution is 7.21. The van der Waals surface area contributed by atoms with Crippen molar-refractivity contribution in [3.63, 3.8) is 0 Å². The maximum Gasteiger partial charge on any atom is 0.384 e. The number of esters is 1. The molecular formula is C13H10O2S2. The molecule has 0 aromatic carbocycles. The predicted molar refractivity (Wildman–Crippen MR) is 71.1 cm³/mol. The Labute approximate surface area is 108 Å². The molecule has 0 N–H and O–H groups in total. The lowest BCUT2D eigenvalue weighted by molar-refractivity contribution is -0.136. The van der Waals surface area contributed by atoms with Crippen LogP contribution < -0.4 is 0 Å². The molecule has 0 aliphatic heterocycles. The van der Waals surface area contributed by atoms with E-state index in [-0.39, 0.29) is 0 Å². The smallest absolute Gasteiger partial charge is 0.384 e. The normalized spacial score (nSPS) is 9.47. The maximum atomic E-state index is 11.1. The lowest BCUT2D eigenvalue weighted by Gasteiger charge is -1.90. The number of carbonyl (C=O) groups is 1. The van der Waals surface area contributed by atoms with Gasteiger partial charge >= 0.3 is 5.97 Å². The first-order chi connectivity index (χ1) is 8.29. The minimum absolute atomic E-state index is 0.360. The van der Waals surface area contributed by atoms with Gasteiger partial charge in [0, 0.05) is 15.7 Å². The first kappa shape index (κ1) is 11.9. The molecule has 2 heterocycles. The summed E-state index contributed by atoms with van der Waals surface area (Å²) in [6.07, 6.45) is 0. The second-order valence-corrected chi connectivity index (χ2v) is 5.14. The lowest BCUT2D eigenvalue weighted by Crippen LogP contribution is -1.99. The molecule has 2 nitrogen and oxygen atoms in total.